The zero-order chi connectivity index (χ0) is 23.8. The van der Waals surface area contributed by atoms with E-state index in [1.54, 1.807) is 17.3 Å². The van der Waals surface area contributed by atoms with Crippen molar-refractivity contribution in [2.75, 3.05) is 18.4 Å². The van der Waals surface area contributed by atoms with E-state index in [0.717, 1.165) is 6.42 Å². The Balaban J connectivity index is 1.48. The van der Waals surface area contributed by atoms with Crippen molar-refractivity contribution in [3.63, 3.8) is 0 Å². The summed E-state index contributed by atoms with van der Waals surface area (Å²) < 4.78 is 1.94. The molecular weight excluding hydrogens is 432 g/mol. The number of aromatic nitrogens is 5. The topological polar surface area (TPSA) is 135 Å². The molecule has 1 amide bonds. The van der Waals surface area contributed by atoms with E-state index in [1.807, 2.05) is 34.9 Å². The van der Waals surface area contributed by atoms with Crippen molar-refractivity contribution in [2.24, 2.45) is 5.73 Å². The third kappa shape index (κ3) is 4.03. The van der Waals surface area contributed by atoms with Crippen molar-refractivity contribution < 1.29 is 4.79 Å². The van der Waals surface area contributed by atoms with Crippen LogP contribution in [0.4, 0.5) is 11.5 Å². The standard InChI is InChI=1S/C24H26N8O2/c1-14(2)32-13-26-30-23(32)18-7-4-8-21(29-18)28-17-6-3-5-16-22(17)20(33)11-19(27-16)24(34)31-10-9-15(25)12-31/h3-8,11,13-15H,9-10,12,25H2,1-2H3,(H,27,33)(H,28,29). The molecule has 1 aliphatic heterocycles. The van der Waals surface area contributed by atoms with Crippen molar-refractivity contribution in [1.82, 2.24) is 29.6 Å². The summed E-state index contributed by atoms with van der Waals surface area (Å²) in [5.74, 6) is 1.02. The minimum Gasteiger partial charge on any atom is -0.350 e. The molecular formula is C24H26N8O2. The van der Waals surface area contributed by atoms with E-state index in [-0.39, 0.29) is 29.1 Å². The molecule has 1 saturated heterocycles. The van der Waals surface area contributed by atoms with Crippen LogP contribution < -0.4 is 16.5 Å². The lowest BCUT2D eigenvalue weighted by molar-refractivity contribution is 0.0785. The summed E-state index contributed by atoms with van der Waals surface area (Å²) in [6, 6.07) is 12.5. The van der Waals surface area contributed by atoms with Crippen LogP contribution in [0.3, 0.4) is 0 Å². The number of benzene rings is 1. The van der Waals surface area contributed by atoms with Crippen LogP contribution in [0.5, 0.6) is 0 Å². The number of H-pyrrole nitrogens is 1. The number of carbonyl (C=O) groups is 1. The molecule has 3 aromatic heterocycles. The number of amides is 1. The first-order chi connectivity index (χ1) is 16.4. The molecule has 1 fully saturated rings. The Kier molecular flexibility index (Phi) is 5.58. The Morgan fingerprint density at radius 3 is 2.82 bits per heavy atom. The number of anilines is 2. The molecule has 34 heavy (non-hydrogen) atoms. The summed E-state index contributed by atoms with van der Waals surface area (Å²) in [5.41, 5.74) is 7.77. The second kappa shape index (κ2) is 8.71. The monoisotopic (exact) mass is 458 g/mol. The maximum Gasteiger partial charge on any atom is 0.270 e. The number of hydrogen-bond donors (Lipinski definition) is 3. The van der Waals surface area contributed by atoms with Crippen LogP contribution in [0.25, 0.3) is 22.4 Å². The van der Waals surface area contributed by atoms with E-state index < -0.39 is 0 Å². The number of carbonyl (C=O) groups excluding carboxylic acids is 1. The molecule has 4 N–H and O–H groups in total. The SMILES string of the molecule is CC(C)n1cnnc1-c1cccc(Nc2cccc3[nH]c(C(=O)N4CCC(N)C4)cc(=O)c23)n1. The molecule has 0 spiro atoms. The van der Waals surface area contributed by atoms with Gasteiger partial charge in [0, 0.05) is 31.2 Å². The van der Waals surface area contributed by atoms with Gasteiger partial charge in [-0.05, 0) is 44.5 Å². The van der Waals surface area contributed by atoms with Gasteiger partial charge in [-0.1, -0.05) is 12.1 Å². The molecule has 1 aliphatic rings. The maximum absolute atomic E-state index is 13.1. The smallest absolute Gasteiger partial charge is 0.270 e. The number of hydrogen-bond acceptors (Lipinski definition) is 7. The quantitative estimate of drug-likeness (QED) is 0.418. The normalized spacial score (nSPS) is 15.9. The van der Waals surface area contributed by atoms with E-state index in [9.17, 15) is 9.59 Å². The third-order valence-electron chi connectivity index (χ3n) is 5.97. The van der Waals surface area contributed by atoms with Crippen molar-refractivity contribution in [1.29, 1.82) is 0 Å². The third-order valence-corrected chi connectivity index (χ3v) is 5.97. The lowest BCUT2D eigenvalue weighted by Gasteiger charge is -2.16. The van der Waals surface area contributed by atoms with Crippen LogP contribution in [-0.4, -0.2) is 54.7 Å². The zero-order valence-electron chi connectivity index (χ0n) is 19.0. The Labute approximate surface area is 195 Å². The molecule has 4 heterocycles. The molecule has 174 valence electrons. The first-order valence-corrected chi connectivity index (χ1v) is 11.3. The van der Waals surface area contributed by atoms with Gasteiger partial charge < -0.3 is 25.5 Å². The molecule has 0 saturated carbocycles. The molecule has 0 bridgehead atoms. The molecule has 1 unspecified atom stereocenters. The molecule has 10 heteroatoms. The van der Waals surface area contributed by atoms with Gasteiger partial charge in [0.2, 0.25) is 0 Å². The first-order valence-electron chi connectivity index (χ1n) is 11.3. The number of likely N-dealkylation sites (tertiary alicyclic amines) is 1. The van der Waals surface area contributed by atoms with E-state index in [1.165, 1.54) is 6.07 Å². The highest BCUT2D eigenvalue weighted by Gasteiger charge is 2.25. The Morgan fingerprint density at radius 2 is 2.06 bits per heavy atom. The number of pyridine rings is 2. The van der Waals surface area contributed by atoms with Gasteiger partial charge in [-0.2, -0.15) is 0 Å². The van der Waals surface area contributed by atoms with Gasteiger partial charge in [0.15, 0.2) is 11.3 Å². The predicted molar refractivity (Wildman–Crippen MR) is 130 cm³/mol. The van der Waals surface area contributed by atoms with Crippen molar-refractivity contribution in [2.45, 2.75) is 32.4 Å². The lowest BCUT2D eigenvalue weighted by Crippen LogP contribution is -2.33. The fourth-order valence-electron chi connectivity index (χ4n) is 4.24. The summed E-state index contributed by atoms with van der Waals surface area (Å²) in [6.45, 7) is 5.18. The van der Waals surface area contributed by atoms with Gasteiger partial charge in [-0.25, -0.2) is 4.98 Å². The summed E-state index contributed by atoms with van der Waals surface area (Å²) in [7, 11) is 0. The van der Waals surface area contributed by atoms with E-state index in [0.29, 0.717) is 47.0 Å². The van der Waals surface area contributed by atoms with Gasteiger partial charge in [0.1, 0.15) is 23.5 Å². The molecule has 10 nitrogen and oxygen atoms in total. The minimum atomic E-state index is -0.251. The van der Waals surface area contributed by atoms with Crippen molar-refractivity contribution in [3.8, 4) is 11.5 Å². The average molecular weight is 459 g/mol. The summed E-state index contributed by atoms with van der Waals surface area (Å²) in [6.07, 6.45) is 2.44. The molecule has 0 radical (unpaired) electrons. The molecule has 1 atom stereocenters. The summed E-state index contributed by atoms with van der Waals surface area (Å²) in [4.78, 5) is 35.4. The van der Waals surface area contributed by atoms with Crippen LogP contribution >= 0.6 is 0 Å². The number of nitrogens with one attached hydrogen (secondary N) is 2. The minimum absolute atomic E-state index is 0.0235. The first kappa shape index (κ1) is 21.8. The highest BCUT2D eigenvalue weighted by molar-refractivity contribution is 5.98. The van der Waals surface area contributed by atoms with Gasteiger partial charge in [-0.3, -0.25) is 9.59 Å². The van der Waals surface area contributed by atoms with E-state index in [2.05, 4.69) is 39.3 Å². The average Bonchev–Trinajstić information content (AvgIpc) is 3.48. The van der Waals surface area contributed by atoms with Gasteiger partial charge in [0.25, 0.3) is 5.91 Å². The largest absolute Gasteiger partial charge is 0.350 e. The number of nitrogens with zero attached hydrogens (tertiary/aromatic N) is 5. The second-order valence-electron chi connectivity index (χ2n) is 8.76. The molecule has 0 aliphatic carbocycles. The number of nitrogens with two attached hydrogens (primary N) is 1. The van der Waals surface area contributed by atoms with Crippen LogP contribution in [0.2, 0.25) is 0 Å². The van der Waals surface area contributed by atoms with Gasteiger partial charge in [-0.15, -0.1) is 10.2 Å². The zero-order valence-corrected chi connectivity index (χ0v) is 19.0. The number of rotatable bonds is 5. The van der Waals surface area contributed by atoms with Gasteiger partial charge in [0.05, 0.1) is 16.6 Å². The van der Waals surface area contributed by atoms with Crippen LogP contribution in [0.1, 0.15) is 36.8 Å². The fourth-order valence-corrected chi connectivity index (χ4v) is 4.24. The fraction of sp³-hybridized carbons (Fsp3) is 0.292. The van der Waals surface area contributed by atoms with Crippen LogP contribution in [0, 0.1) is 0 Å². The Bertz CT molecular complexity index is 1420. The van der Waals surface area contributed by atoms with E-state index in [4.69, 9.17) is 5.73 Å². The van der Waals surface area contributed by atoms with E-state index >= 15 is 0 Å². The summed E-state index contributed by atoms with van der Waals surface area (Å²) in [5, 5.41) is 11.9. The highest BCUT2D eigenvalue weighted by atomic mass is 16.2. The molecule has 1 aromatic carbocycles. The van der Waals surface area contributed by atoms with Crippen molar-refractivity contribution in [3.05, 3.63) is 64.7 Å². The maximum atomic E-state index is 13.1. The number of aromatic amines is 1. The Hall–Kier alpha value is -4.05. The van der Waals surface area contributed by atoms with Crippen molar-refractivity contribution >= 4 is 28.3 Å². The second-order valence-corrected chi connectivity index (χ2v) is 8.76. The summed E-state index contributed by atoms with van der Waals surface area (Å²) >= 11 is 0. The molecule has 4 aromatic rings. The van der Waals surface area contributed by atoms with Gasteiger partial charge >= 0.3 is 0 Å². The Morgan fingerprint density at radius 1 is 1.24 bits per heavy atom. The van der Waals surface area contributed by atoms with Crippen LogP contribution in [0.15, 0.2) is 53.6 Å². The number of fused-ring (bicyclic) bond motifs is 1. The predicted octanol–water partition coefficient (Wildman–Crippen LogP) is 2.68. The lowest BCUT2D eigenvalue weighted by atomic mass is 10.1. The molecule has 5 rings (SSSR count). The van der Waals surface area contributed by atoms with Crippen LogP contribution in [-0.2, 0) is 0 Å². The highest BCUT2D eigenvalue weighted by Crippen LogP contribution is 2.25.